The van der Waals surface area contributed by atoms with Gasteiger partial charge in [0.05, 0.1) is 23.2 Å². The summed E-state index contributed by atoms with van der Waals surface area (Å²) < 4.78 is 6.69. The summed E-state index contributed by atoms with van der Waals surface area (Å²) in [6.07, 6.45) is 4.72. The number of furan rings is 1. The molecule has 1 aliphatic heterocycles. The summed E-state index contributed by atoms with van der Waals surface area (Å²) in [5.41, 5.74) is 0.880. The Balaban J connectivity index is 1.55. The molecule has 0 radical (unpaired) electrons. The van der Waals surface area contributed by atoms with Crippen molar-refractivity contribution in [2.24, 2.45) is 0 Å². The van der Waals surface area contributed by atoms with Crippen molar-refractivity contribution in [3.63, 3.8) is 0 Å². The summed E-state index contributed by atoms with van der Waals surface area (Å²) in [5, 5.41) is 10.6. The van der Waals surface area contributed by atoms with Gasteiger partial charge in [-0.2, -0.15) is 0 Å². The number of anilines is 1. The van der Waals surface area contributed by atoms with Crippen molar-refractivity contribution in [3.8, 4) is 0 Å². The predicted octanol–water partition coefficient (Wildman–Crippen LogP) is 2.80. The van der Waals surface area contributed by atoms with E-state index in [2.05, 4.69) is 4.98 Å². The molecule has 1 fully saturated rings. The van der Waals surface area contributed by atoms with E-state index in [1.807, 2.05) is 29.2 Å². The molecule has 0 aliphatic carbocycles. The van der Waals surface area contributed by atoms with Crippen LogP contribution in [0.3, 0.4) is 0 Å². The largest absolute Gasteiger partial charge is 0.459 e. The quantitative estimate of drug-likeness (QED) is 0.456. The Labute approximate surface area is 193 Å². The summed E-state index contributed by atoms with van der Waals surface area (Å²) in [5.74, 6) is 0.0505. The van der Waals surface area contributed by atoms with Crippen LogP contribution in [0.2, 0.25) is 0 Å². The van der Waals surface area contributed by atoms with Gasteiger partial charge >= 0.3 is 11.2 Å². The first kappa shape index (κ1) is 21.4. The van der Waals surface area contributed by atoms with Gasteiger partial charge in [-0.15, -0.1) is 0 Å². The second kappa shape index (κ2) is 8.81. The number of pyridine rings is 2. The second-order valence-electron chi connectivity index (χ2n) is 7.99. The molecule has 1 N–H and O–H groups in total. The van der Waals surface area contributed by atoms with Crippen molar-refractivity contribution in [2.75, 3.05) is 31.1 Å². The van der Waals surface area contributed by atoms with Crippen molar-refractivity contribution in [2.45, 2.75) is 6.54 Å². The highest BCUT2D eigenvalue weighted by molar-refractivity contribution is 5.97. The topological polar surface area (TPSA) is 112 Å². The van der Waals surface area contributed by atoms with Gasteiger partial charge in [0.1, 0.15) is 5.69 Å². The number of rotatable bonds is 5. The highest BCUT2D eigenvalue weighted by Gasteiger charge is 2.35. The number of carbonyl (C=O) groups is 1. The molecule has 1 aliphatic rings. The molecule has 0 spiro atoms. The maximum Gasteiger partial charge on any atom is 0.404 e. The minimum absolute atomic E-state index is 0.213. The number of benzene rings is 1. The monoisotopic (exact) mass is 460 g/mol. The van der Waals surface area contributed by atoms with Gasteiger partial charge in [0.15, 0.2) is 5.76 Å². The van der Waals surface area contributed by atoms with Crippen LogP contribution in [0.15, 0.2) is 76.4 Å². The van der Waals surface area contributed by atoms with Crippen LogP contribution in [0, 0.1) is 4.91 Å². The van der Waals surface area contributed by atoms with Crippen molar-refractivity contribution in [1.29, 1.82) is 0 Å². The van der Waals surface area contributed by atoms with Crippen LogP contribution in [-0.2, 0) is 6.54 Å². The maximum atomic E-state index is 13.5. The first-order chi connectivity index (χ1) is 16.5. The maximum absolute atomic E-state index is 13.5. The average molecular weight is 460 g/mol. The normalized spacial score (nSPS) is 13.9. The number of aromatic nitrogens is 2. The van der Waals surface area contributed by atoms with E-state index < -0.39 is 5.56 Å². The van der Waals surface area contributed by atoms with Gasteiger partial charge in [-0.25, -0.2) is 5.21 Å². The third-order valence-electron chi connectivity index (χ3n) is 6.02. The first-order valence-corrected chi connectivity index (χ1v) is 10.8. The zero-order valence-electron chi connectivity index (χ0n) is 18.2. The lowest BCUT2D eigenvalue weighted by Gasteiger charge is -2.35. The Hall–Kier alpha value is -4.47. The molecular formula is C24H22N5O5+. The van der Waals surface area contributed by atoms with E-state index in [-0.39, 0.29) is 28.8 Å². The van der Waals surface area contributed by atoms with Crippen LogP contribution in [0.1, 0.15) is 16.1 Å². The van der Waals surface area contributed by atoms with Gasteiger partial charge in [-0.05, 0) is 35.9 Å². The van der Waals surface area contributed by atoms with Crippen LogP contribution in [0.4, 0.5) is 11.4 Å². The molecule has 0 unspecified atom stereocenters. The van der Waals surface area contributed by atoms with E-state index in [9.17, 15) is 19.7 Å². The number of carbonyl (C=O) groups excluding carboxylic acids is 1. The Kier molecular flexibility index (Phi) is 5.54. The molecular weight excluding hydrogens is 438 g/mol. The molecule has 5 rings (SSSR count). The summed E-state index contributed by atoms with van der Waals surface area (Å²) in [6.45, 7) is 1.72. The van der Waals surface area contributed by atoms with Crippen molar-refractivity contribution in [1.82, 2.24) is 14.5 Å². The van der Waals surface area contributed by atoms with Crippen LogP contribution in [0.5, 0.6) is 0 Å². The van der Waals surface area contributed by atoms with Gasteiger partial charge in [-0.3, -0.25) is 19.1 Å². The molecule has 0 bridgehead atoms. The summed E-state index contributed by atoms with van der Waals surface area (Å²) in [4.78, 5) is 45.5. The zero-order valence-corrected chi connectivity index (χ0v) is 18.2. The minimum atomic E-state index is -0.600. The molecule has 10 heteroatoms. The fraction of sp³-hybridized carbons (Fsp3) is 0.208. The number of hydrogen-bond donors (Lipinski definition) is 1. The summed E-state index contributed by atoms with van der Waals surface area (Å²) in [7, 11) is 0. The highest BCUT2D eigenvalue weighted by atomic mass is 16.6. The Bertz CT molecular complexity index is 1410. The van der Waals surface area contributed by atoms with Crippen LogP contribution in [-0.4, -0.2) is 56.7 Å². The van der Waals surface area contributed by atoms with E-state index in [0.717, 1.165) is 5.56 Å². The fourth-order valence-corrected chi connectivity index (χ4v) is 4.38. The lowest BCUT2D eigenvalue weighted by molar-refractivity contribution is -0.730. The van der Waals surface area contributed by atoms with Crippen molar-refractivity contribution >= 4 is 28.2 Å². The average Bonchev–Trinajstić information content (AvgIpc) is 3.40. The highest BCUT2D eigenvalue weighted by Crippen LogP contribution is 2.34. The van der Waals surface area contributed by atoms with E-state index in [0.29, 0.717) is 42.8 Å². The second-order valence-corrected chi connectivity index (χ2v) is 7.99. The fourth-order valence-electron chi connectivity index (χ4n) is 4.38. The summed E-state index contributed by atoms with van der Waals surface area (Å²) in [6, 6.07) is 14.1. The standard InChI is InChI=1S/C24H22N5O5/c30-23(20-6-3-15-34-20)27-13-11-26(12-14-27)21-18-4-1-2-5-19(18)28(24(31)22(21)29(32)33)16-17-7-9-25-10-8-17/h1-10,15H,11-14,16H2,(H,32,33)/q+1. The molecule has 1 amide bonds. The van der Waals surface area contributed by atoms with Gasteiger partial charge in [0, 0.05) is 44.0 Å². The molecule has 0 saturated carbocycles. The molecule has 1 saturated heterocycles. The number of amides is 1. The smallest absolute Gasteiger partial charge is 0.404 e. The zero-order chi connectivity index (χ0) is 23.7. The molecule has 0 atom stereocenters. The molecule has 4 aromatic rings. The third-order valence-corrected chi connectivity index (χ3v) is 6.02. The molecule has 10 nitrogen and oxygen atoms in total. The molecule has 172 valence electrons. The van der Waals surface area contributed by atoms with Crippen molar-refractivity contribution < 1.29 is 19.3 Å². The van der Waals surface area contributed by atoms with E-state index in [1.54, 1.807) is 41.6 Å². The predicted molar refractivity (Wildman–Crippen MR) is 123 cm³/mol. The van der Waals surface area contributed by atoms with E-state index in [4.69, 9.17) is 4.42 Å². The molecule has 4 heterocycles. The van der Waals surface area contributed by atoms with Gasteiger partial charge in [-0.1, -0.05) is 18.2 Å². The number of nitrogens with zero attached hydrogens (tertiary/aromatic N) is 5. The number of para-hydroxylation sites is 1. The number of fused-ring (bicyclic) bond motifs is 1. The molecule has 34 heavy (non-hydrogen) atoms. The Morgan fingerprint density at radius 3 is 2.44 bits per heavy atom. The van der Waals surface area contributed by atoms with Gasteiger partial charge in [0.2, 0.25) is 0 Å². The molecule has 1 aromatic carbocycles. The summed E-state index contributed by atoms with van der Waals surface area (Å²) >= 11 is 0. The minimum Gasteiger partial charge on any atom is -0.459 e. The van der Waals surface area contributed by atoms with Crippen LogP contribution >= 0.6 is 0 Å². The lowest BCUT2D eigenvalue weighted by Crippen LogP contribution is -2.49. The number of piperazine rings is 1. The van der Waals surface area contributed by atoms with Crippen molar-refractivity contribution in [3.05, 3.63) is 93.8 Å². The van der Waals surface area contributed by atoms with E-state index >= 15 is 0 Å². The Morgan fingerprint density at radius 1 is 1.03 bits per heavy atom. The molecule has 3 aromatic heterocycles. The van der Waals surface area contributed by atoms with Crippen LogP contribution in [0.25, 0.3) is 10.9 Å². The lowest BCUT2D eigenvalue weighted by atomic mass is 10.1. The van der Waals surface area contributed by atoms with E-state index in [1.165, 1.54) is 10.8 Å². The Morgan fingerprint density at radius 2 is 1.76 bits per heavy atom. The van der Waals surface area contributed by atoms with Gasteiger partial charge in [0.25, 0.3) is 10.8 Å². The SMILES string of the molecule is O=C(c1ccco1)N1CCN(c2c([N+](=O)O)c(=O)n(Cc3ccncc3)c3ccccc23)CC1. The van der Waals surface area contributed by atoms with Gasteiger partial charge < -0.3 is 14.2 Å². The third kappa shape index (κ3) is 3.79. The van der Waals surface area contributed by atoms with Crippen LogP contribution < -0.4 is 10.5 Å². The first-order valence-electron chi connectivity index (χ1n) is 10.8. The number of hydrogen-bond acceptors (Lipinski definition) is 6.